The molecule has 1 fully saturated rings. The van der Waals surface area contributed by atoms with Gasteiger partial charge in [-0.15, -0.1) is 5.10 Å². The number of carbonyl (C=O) groups is 1. The van der Waals surface area contributed by atoms with Crippen molar-refractivity contribution in [2.45, 2.75) is 38.1 Å². The monoisotopic (exact) mass is 356 g/mol. The first-order valence-corrected chi connectivity index (χ1v) is 8.52. The second kappa shape index (κ2) is 7.03. The zero-order chi connectivity index (χ0) is 17.9. The summed E-state index contributed by atoms with van der Waals surface area (Å²) < 4.78 is 19.5. The minimum Gasteiger partial charge on any atom is -0.345 e. The minimum absolute atomic E-state index is 0.0955. The fourth-order valence-electron chi connectivity index (χ4n) is 3.00. The second-order valence-corrected chi connectivity index (χ2v) is 6.26. The largest absolute Gasteiger partial charge is 0.345 e. The number of halogens is 1. The summed E-state index contributed by atoms with van der Waals surface area (Å²) >= 11 is 0. The van der Waals surface area contributed by atoms with E-state index in [1.807, 2.05) is 0 Å². The molecule has 0 saturated heterocycles. The van der Waals surface area contributed by atoms with Gasteiger partial charge in [-0.1, -0.05) is 29.6 Å². The summed E-state index contributed by atoms with van der Waals surface area (Å²) in [6.07, 6.45) is 6.97. The number of nitrogens with zero attached hydrogens (tertiary/aromatic N) is 5. The van der Waals surface area contributed by atoms with Crippen molar-refractivity contribution in [1.29, 1.82) is 0 Å². The van der Waals surface area contributed by atoms with Crippen molar-refractivity contribution in [3.63, 3.8) is 0 Å². The molecule has 134 valence electrons. The molecule has 1 N–H and O–H groups in total. The lowest BCUT2D eigenvalue weighted by molar-refractivity contribution is 0.0883. The number of rotatable bonds is 4. The van der Waals surface area contributed by atoms with Gasteiger partial charge in [-0.25, -0.2) is 9.07 Å². The van der Waals surface area contributed by atoms with Crippen molar-refractivity contribution in [3.8, 4) is 17.2 Å². The van der Waals surface area contributed by atoms with E-state index >= 15 is 0 Å². The summed E-state index contributed by atoms with van der Waals surface area (Å²) in [7, 11) is 0. The molecule has 3 aromatic rings. The van der Waals surface area contributed by atoms with Crippen molar-refractivity contribution in [2.24, 2.45) is 0 Å². The van der Waals surface area contributed by atoms with Crippen LogP contribution in [0.25, 0.3) is 17.2 Å². The molecule has 0 bridgehead atoms. The van der Waals surface area contributed by atoms with E-state index in [-0.39, 0.29) is 29.5 Å². The average molecular weight is 356 g/mol. The van der Waals surface area contributed by atoms with Gasteiger partial charge in [0.2, 0.25) is 5.82 Å². The lowest BCUT2D eigenvalue weighted by Gasteiger charge is -2.21. The number of benzene rings is 1. The first kappa shape index (κ1) is 16.4. The summed E-state index contributed by atoms with van der Waals surface area (Å²) in [6, 6.07) is 5.98. The molecule has 2 aromatic heterocycles. The normalized spacial score (nSPS) is 15.1. The molecule has 0 aliphatic heterocycles. The summed E-state index contributed by atoms with van der Waals surface area (Å²) in [5.41, 5.74) is 0.999. The number of nitrogens with one attached hydrogen (secondary N) is 1. The van der Waals surface area contributed by atoms with Gasteiger partial charge in [0, 0.05) is 6.04 Å². The molecule has 1 aromatic carbocycles. The third kappa shape index (κ3) is 3.46. The molecule has 1 amide bonds. The topological polar surface area (TPSA) is 98.7 Å². The van der Waals surface area contributed by atoms with Gasteiger partial charge in [0.25, 0.3) is 0 Å². The summed E-state index contributed by atoms with van der Waals surface area (Å²) in [5.74, 6) is -0.628. The van der Waals surface area contributed by atoms with Crippen LogP contribution in [0.15, 0.2) is 35.0 Å². The van der Waals surface area contributed by atoms with Crippen LogP contribution in [-0.4, -0.2) is 37.1 Å². The fourth-order valence-corrected chi connectivity index (χ4v) is 3.00. The Kier molecular flexibility index (Phi) is 4.42. The van der Waals surface area contributed by atoms with Gasteiger partial charge in [-0.3, -0.25) is 4.79 Å². The molecule has 1 aliphatic carbocycles. The van der Waals surface area contributed by atoms with Gasteiger partial charge in [0.15, 0.2) is 5.69 Å². The zero-order valence-electron chi connectivity index (χ0n) is 13.9. The maximum Gasteiger partial charge on any atom is 0.316 e. The van der Waals surface area contributed by atoms with E-state index < -0.39 is 0 Å². The molecule has 1 aliphatic rings. The van der Waals surface area contributed by atoms with Crippen LogP contribution in [0.2, 0.25) is 0 Å². The number of hydrogen-bond acceptors (Lipinski definition) is 6. The van der Waals surface area contributed by atoms with Crippen LogP contribution >= 0.6 is 0 Å². The Morgan fingerprint density at radius 2 is 1.96 bits per heavy atom. The van der Waals surface area contributed by atoms with E-state index in [9.17, 15) is 9.18 Å². The molecule has 1 saturated carbocycles. The third-order valence-electron chi connectivity index (χ3n) is 4.37. The Morgan fingerprint density at radius 1 is 1.19 bits per heavy atom. The SMILES string of the molecule is O=C(NC1CCCCC1)c1nc(-c2cn(-c3ccc(F)cc3)nn2)no1. The van der Waals surface area contributed by atoms with Gasteiger partial charge in [-0.2, -0.15) is 4.98 Å². The molecule has 0 spiro atoms. The van der Waals surface area contributed by atoms with E-state index in [0.717, 1.165) is 25.7 Å². The van der Waals surface area contributed by atoms with Crippen LogP contribution in [0.5, 0.6) is 0 Å². The Hall–Kier alpha value is -3.10. The maximum absolute atomic E-state index is 13.0. The molecule has 2 heterocycles. The standard InChI is InChI=1S/C17H17FN6O2/c18-11-6-8-13(9-7-11)24-10-14(21-23-24)15-20-17(26-22-15)16(25)19-12-4-2-1-3-5-12/h6-10,12H,1-5H2,(H,19,25). The van der Waals surface area contributed by atoms with Crippen molar-refractivity contribution < 1.29 is 13.7 Å². The van der Waals surface area contributed by atoms with Gasteiger partial charge in [0.05, 0.1) is 11.9 Å². The highest BCUT2D eigenvalue weighted by Gasteiger charge is 2.22. The molecular formula is C17H17FN6O2. The fraction of sp³-hybridized carbons (Fsp3) is 0.353. The van der Waals surface area contributed by atoms with Crippen LogP contribution in [0.3, 0.4) is 0 Å². The number of aromatic nitrogens is 5. The van der Waals surface area contributed by atoms with Crippen molar-refractivity contribution >= 4 is 5.91 Å². The van der Waals surface area contributed by atoms with Crippen LogP contribution in [0.4, 0.5) is 4.39 Å². The molecule has 9 heteroatoms. The molecule has 26 heavy (non-hydrogen) atoms. The number of amides is 1. The van der Waals surface area contributed by atoms with Gasteiger partial charge in [-0.05, 0) is 37.1 Å². The molecule has 4 rings (SSSR count). The smallest absolute Gasteiger partial charge is 0.316 e. The molecule has 0 atom stereocenters. The van der Waals surface area contributed by atoms with Gasteiger partial charge < -0.3 is 9.84 Å². The molecular weight excluding hydrogens is 339 g/mol. The first-order chi connectivity index (χ1) is 12.7. The lowest BCUT2D eigenvalue weighted by atomic mass is 9.95. The van der Waals surface area contributed by atoms with Crippen LogP contribution in [0, 0.1) is 5.82 Å². The highest BCUT2D eigenvalue weighted by atomic mass is 19.1. The van der Waals surface area contributed by atoms with E-state index in [4.69, 9.17) is 4.52 Å². The number of hydrogen-bond donors (Lipinski definition) is 1. The Balaban J connectivity index is 1.47. The summed E-state index contributed by atoms with van der Waals surface area (Å²) in [5, 5.41) is 14.7. The van der Waals surface area contributed by atoms with Gasteiger partial charge >= 0.3 is 11.8 Å². The highest BCUT2D eigenvalue weighted by Crippen LogP contribution is 2.18. The summed E-state index contributed by atoms with van der Waals surface area (Å²) in [6.45, 7) is 0. The Morgan fingerprint density at radius 3 is 2.73 bits per heavy atom. The van der Waals surface area contributed by atoms with E-state index in [1.54, 1.807) is 18.3 Å². The third-order valence-corrected chi connectivity index (χ3v) is 4.37. The van der Waals surface area contributed by atoms with Crippen molar-refractivity contribution in [3.05, 3.63) is 42.2 Å². The first-order valence-electron chi connectivity index (χ1n) is 8.52. The molecule has 8 nitrogen and oxygen atoms in total. The Labute approximate surface area is 148 Å². The second-order valence-electron chi connectivity index (χ2n) is 6.26. The molecule has 0 radical (unpaired) electrons. The quantitative estimate of drug-likeness (QED) is 0.771. The van der Waals surface area contributed by atoms with Crippen LogP contribution in [-0.2, 0) is 0 Å². The lowest BCUT2D eigenvalue weighted by Crippen LogP contribution is -2.36. The maximum atomic E-state index is 13.0. The highest BCUT2D eigenvalue weighted by molar-refractivity contribution is 5.90. The Bertz CT molecular complexity index is 898. The van der Waals surface area contributed by atoms with Crippen molar-refractivity contribution in [2.75, 3.05) is 0 Å². The van der Waals surface area contributed by atoms with Crippen LogP contribution < -0.4 is 5.32 Å². The number of carbonyl (C=O) groups excluding carboxylic acids is 1. The average Bonchev–Trinajstić information content (AvgIpc) is 3.33. The van der Waals surface area contributed by atoms with E-state index in [1.165, 1.54) is 23.2 Å². The predicted molar refractivity (Wildman–Crippen MR) is 88.9 cm³/mol. The molecule has 0 unspecified atom stereocenters. The van der Waals surface area contributed by atoms with Crippen molar-refractivity contribution in [1.82, 2.24) is 30.5 Å². The zero-order valence-corrected chi connectivity index (χ0v) is 13.9. The van der Waals surface area contributed by atoms with Gasteiger partial charge in [0.1, 0.15) is 5.82 Å². The predicted octanol–water partition coefficient (Wildman–Crippen LogP) is 2.52. The minimum atomic E-state index is -0.374. The van der Waals surface area contributed by atoms with E-state index in [2.05, 4.69) is 25.8 Å². The summed E-state index contributed by atoms with van der Waals surface area (Å²) in [4.78, 5) is 16.3. The van der Waals surface area contributed by atoms with Crippen LogP contribution in [0.1, 0.15) is 42.8 Å². The van der Waals surface area contributed by atoms with E-state index in [0.29, 0.717) is 11.4 Å².